The molecule has 6 heteroatoms. The quantitative estimate of drug-likeness (QED) is 0.521. The molecule has 6 heavy (non-hydrogen) atoms. The summed E-state index contributed by atoms with van der Waals surface area (Å²) in [7, 11) is 0. The van der Waals surface area contributed by atoms with Crippen LogP contribution >= 0.6 is 0 Å². The monoisotopic (exact) mass is 341 g/mol. The molecule has 0 saturated carbocycles. The summed E-state index contributed by atoms with van der Waals surface area (Å²) in [5.74, 6) is 0. The third kappa shape index (κ3) is 39.6. The molecule has 0 aliphatic rings. The van der Waals surface area contributed by atoms with E-state index in [1.165, 1.54) is 0 Å². The van der Waals surface area contributed by atoms with E-state index in [-0.39, 0.29) is 41.9 Å². The first-order chi connectivity index (χ1) is 1.73. The third-order valence-electron chi connectivity index (χ3n) is 0. The van der Waals surface area contributed by atoms with Crippen molar-refractivity contribution in [1.29, 1.82) is 0 Å². The first kappa shape index (κ1) is 15.7. The fourth-order valence-electron chi connectivity index (χ4n) is 0. The van der Waals surface area contributed by atoms with Gasteiger partial charge in [0, 0.05) is 41.9 Å². The summed E-state index contributed by atoms with van der Waals surface area (Å²) in [6.45, 7) is 0. The normalized spacial score (nSPS) is 4.33. The maximum absolute atomic E-state index is 8.84. The van der Waals surface area contributed by atoms with Gasteiger partial charge >= 0.3 is 30.5 Å². The van der Waals surface area contributed by atoms with E-state index in [0.29, 0.717) is 0 Å². The maximum atomic E-state index is 8.84. The molecule has 0 aliphatic carbocycles. The second kappa shape index (κ2) is 9.99. The van der Waals surface area contributed by atoms with Crippen molar-refractivity contribution in [3.63, 3.8) is 0 Å². The minimum atomic E-state index is -3.79. The number of hydrogen-bond donors (Lipinski definition) is 2. The van der Waals surface area contributed by atoms with Crippen molar-refractivity contribution in [3.8, 4) is 0 Å². The predicted molar refractivity (Wildman–Crippen MR) is 10.9 cm³/mol. The Labute approximate surface area is 71.6 Å². The van der Waals surface area contributed by atoms with Gasteiger partial charge in [-0.25, -0.2) is 0 Å². The summed E-state index contributed by atoms with van der Waals surface area (Å²) >= 11 is -3.79. The molecule has 0 amide bonds. The molecular formula is H2AgO3SnZn. The molecule has 2 N–H and O–H groups in total. The van der Waals surface area contributed by atoms with Gasteiger partial charge in [-0.1, -0.05) is 0 Å². The van der Waals surface area contributed by atoms with Crippen LogP contribution in [0.3, 0.4) is 0 Å². The van der Waals surface area contributed by atoms with Crippen LogP contribution in [0.4, 0.5) is 0 Å². The van der Waals surface area contributed by atoms with Gasteiger partial charge in [-0.05, 0) is 0 Å². The van der Waals surface area contributed by atoms with Crippen LogP contribution in [0.15, 0.2) is 0 Å². The largest absolute Gasteiger partial charge is 0 e. The maximum Gasteiger partial charge on any atom is 0 e. The Bertz CT molecular complexity index is 33.8. The van der Waals surface area contributed by atoms with E-state index >= 15 is 0 Å². The van der Waals surface area contributed by atoms with Gasteiger partial charge in [-0.2, -0.15) is 0 Å². The van der Waals surface area contributed by atoms with Crippen LogP contribution in [0.2, 0.25) is 0 Å². The zero-order valence-corrected chi connectivity index (χ0v) is 10.1. The van der Waals surface area contributed by atoms with Crippen LogP contribution in [0.1, 0.15) is 0 Å². The zero-order chi connectivity index (χ0) is 3.58. The van der Waals surface area contributed by atoms with Crippen molar-refractivity contribution in [2.24, 2.45) is 0 Å². The minimum Gasteiger partial charge on any atom is 0 e. The van der Waals surface area contributed by atoms with Crippen LogP contribution < -0.4 is 0 Å². The Kier molecular flexibility index (Phi) is 26.1. The standard InChI is InChI=1S/Ag.2H2O.O.Sn.Zn/h;2*1H2;;;/q;;;;+2;/p-2. The zero-order valence-electron chi connectivity index (χ0n) is 2.81. The minimum absolute atomic E-state index is 0. The fourth-order valence-corrected chi connectivity index (χ4v) is 0. The predicted octanol–water partition coefficient (Wildman–Crippen LogP) is -1.62. The van der Waals surface area contributed by atoms with Gasteiger partial charge in [0.2, 0.25) is 0 Å². The molecule has 0 spiro atoms. The summed E-state index contributed by atoms with van der Waals surface area (Å²) in [6.07, 6.45) is 0. The Morgan fingerprint density at radius 1 is 1.33 bits per heavy atom. The van der Waals surface area contributed by atoms with Gasteiger partial charge < -0.3 is 0 Å². The average molecular weight is 342 g/mol. The average Bonchev–Trinajstić information content (AvgIpc) is 0.811. The molecule has 0 aromatic heterocycles. The molecule has 0 rings (SSSR count). The van der Waals surface area contributed by atoms with Crippen molar-refractivity contribution in [1.82, 2.24) is 0 Å². The van der Waals surface area contributed by atoms with Crippen LogP contribution in [0, 0.1) is 0 Å². The Balaban J connectivity index is -0.0000000450. The molecule has 37 valence electrons. The molecule has 0 atom stereocenters. The molecule has 0 unspecified atom stereocenters. The van der Waals surface area contributed by atoms with E-state index < -0.39 is 20.6 Å². The molecule has 3 nitrogen and oxygen atoms in total. The van der Waals surface area contributed by atoms with Gasteiger partial charge in [-0.3, -0.25) is 0 Å². The summed E-state index contributed by atoms with van der Waals surface area (Å²) in [5, 5.41) is 0. The Morgan fingerprint density at radius 3 is 1.33 bits per heavy atom. The van der Waals surface area contributed by atoms with E-state index in [0.717, 1.165) is 0 Å². The van der Waals surface area contributed by atoms with E-state index in [4.69, 9.17) is 9.96 Å². The van der Waals surface area contributed by atoms with Crippen LogP contribution in [0.5, 0.6) is 0 Å². The molecule has 0 saturated heterocycles. The Morgan fingerprint density at radius 2 is 1.33 bits per heavy atom. The van der Waals surface area contributed by atoms with Crippen molar-refractivity contribution in [2.45, 2.75) is 0 Å². The summed E-state index contributed by atoms with van der Waals surface area (Å²) in [6, 6.07) is 0. The first-order valence-electron chi connectivity index (χ1n) is 0.651. The molecule has 0 aliphatic heterocycles. The SMILES string of the molecule is [Ag].[O]=[Sn]([OH])[OH].[Zn]. The topological polar surface area (TPSA) is 57.5 Å². The molecule has 0 heterocycles. The van der Waals surface area contributed by atoms with Crippen LogP contribution in [-0.4, -0.2) is 27.5 Å². The van der Waals surface area contributed by atoms with E-state index in [9.17, 15) is 0 Å². The second-order valence-corrected chi connectivity index (χ2v) is 1.90. The van der Waals surface area contributed by atoms with Crippen LogP contribution in [-0.2, 0) is 44.9 Å². The Hall–Kier alpha value is 1.88. The van der Waals surface area contributed by atoms with Crippen molar-refractivity contribution in [2.75, 3.05) is 0 Å². The van der Waals surface area contributed by atoms with Crippen LogP contribution in [0.25, 0.3) is 0 Å². The van der Waals surface area contributed by atoms with E-state index in [1.54, 1.807) is 0 Å². The second-order valence-electron chi connectivity index (χ2n) is 0.283. The van der Waals surface area contributed by atoms with E-state index in [2.05, 4.69) is 0 Å². The fraction of sp³-hybridized carbons (Fsp3) is 0. The molecule has 0 bridgehead atoms. The van der Waals surface area contributed by atoms with Crippen molar-refractivity contribution in [3.05, 3.63) is 0 Å². The number of hydrogen-bond acceptors (Lipinski definition) is 1. The van der Waals surface area contributed by atoms with Gasteiger partial charge in [0.1, 0.15) is 0 Å². The smallest absolute Gasteiger partial charge is 0 e. The third-order valence-corrected chi connectivity index (χ3v) is 0. The molecule has 0 aromatic rings. The number of rotatable bonds is 0. The molecule has 0 fully saturated rings. The van der Waals surface area contributed by atoms with Gasteiger partial charge in [0.25, 0.3) is 0 Å². The van der Waals surface area contributed by atoms with Gasteiger partial charge in [0.15, 0.2) is 0 Å². The molecular weight excluding hydrogens is 340 g/mol. The van der Waals surface area contributed by atoms with Crippen molar-refractivity contribution >= 4 is 20.6 Å². The van der Waals surface area contributed by atoms with Crippen molar-refractivity contribution < 1.29 is 51.8 Å². The van der Waals surface area contributed by atoms with Gasteiger partial charge in [0.05, 0.1) is 0 Å². The first-order valence-corrected chi connectivity index (χ1v) is 4.37. The molecule has 1 radical (unpaired) electrons. The molecule has 0 aromatic carbocycles. The van der Waals surface area contributed by atoms with Gasteiger partial charge in [-0.15, -0.1) is 0 Å². The summed E-state index contributed by atoms with van der Waals surface area (Å²) < 4.78 is 23.3. The summed E-state index contributed by atoms with van der Waals surface area (Å²) in [5.41, 5.74) is 0. The summed E-state index contributed by atoms with van der Waals surface area (Å²) in [4.78, 5) is 0. The van der Waals surface area contributed by atoms with E-state index in [1.807, 2.05) is 0 Å².